The maximum atomic E-state index is 12.3. The van der Waals surface area contributed by atoms with Crippen molar-refractivity contribution in [3.63, 3.8) is 0 Å². The molecule has 5 heteroatoms. The maximum Gasteiger partial charge on any atom is 0.253 e. The zero-order valence-electron chi connectivity index (χ0n) is 16.5. The Bertz CT molecular complexity index is 940. The molecule has 146 valence electrons. The van der Waals surface area contributed by atoms with Crippen molar-refractivity contribution in [2.45, 2.75) is 33.1 Å². The minimum absolute atomic E-state index is 0.0114. The van der Waals surface area contributed by atoms with Crippen LogP contribution >= 0.6 is 0 Å². The van der Waals surface area contributed by atoms with Crippen molar-refractivity contribution in [2.24, 2.45) is 0 Å². The van der Waals surface area contributed by atoms with Crippen molar-refractivity contribution in [1.82, 2.24) is 9.88 Å². The van der Waals surface area contributed by atoms with Gasteiger partial charge >= 0.3 is 0 Å². The third-order valence-electron chi connectivity index (χ3n) is 4.99. The second-order valence-corrected chi connectivity index (χ2v) is 6.82. The van der Waals surface area contributed by atoms with Crippen LogP contribution in [0.25, 0.3) is 10.9 Å². The molecule has 3 rings (SSSR count). The highest BCUT2D eigenvalue weighted by Gasteiger charge is 2.12. The molecule has 0 unspecified atom stereocenters. The summed E-state index contributed by atoms with van der Waals surface area (Å²) in [5.41, 5.74) is 3.72. The number of carbonyl (C=O) groups is 2. The van der Waals surface area contributed by atoms with Crippen LogP contribution in [0.15, 0.2) is 54.7 Å². The van der Waals surface area contributed by atoms with Gasteiger partial charge in [-0.15, -0.1) is 0 Å². The monoisotopic (exact) mass is 377 g/mol. The molecule has 2 amide bonds. The smallest absolute Gasteiger partial charge is 0.253 e. The van der Waals surface area contributed by atoms with E-state index in [-0.39, 0.29) is 11.8 Å². The number of fused-ring (bicyclic) bond motifs is 1. The zero-order chi connectivity index (χ0) is 19.9. The number of nitrogens with zero attached hydrogens (tertiary/aromatic N) is 1. The van der Waals surface area contributed by atoms with Gasteiger partial charge in [0.15, 0.2) is 0 Å². The highest BCUT2D eigenvalue weighted by molar-refractivity contribution is 5.95. The maximum absolute atomic E-state index is 12.3. The van der Waals surface area contributed by atoms with Crippen molar-refractivity contribution in [1.29, 1.82) is 0 Å². The van der Waals surface area contributed by atoms with Gasteiger partial charge in [-0.1, -0.05) is 18.2 Å². The topological polar surface area (TPSA) is 65.2 Å². The first-order chi connectivity index (χ1) is 13.6. The van der Waals surface area contributed by atoms with E-state index in [1.54, 1.807) is 29.2 Å². The Morgan fingerprint density at radius 2 is 1.71 bits per heavy atom. The lowest BCUT2D eigenvalue weighted by atomic mass is 10.1. The minimum atomic E-state index is -0.0114. The van der Waals surface area contributed by atoms with E-state index in [1.165, 1.54) is 10.9 Å². The Labute approximate surface area is 165 Å². The lowest BCUT2D eigenvalue weighted by Gasteiger charge is -2.18. The summed E-state index contributed by atoms with van der Waals surface area (Å²) in [6.45, 7) is 5.30. The predicted molar refractivity (Wildman–Crippen MR) is 114 cm³/mol. The van der Waals surface area contributed by atoms with Crippen LogP contribution in [0.4, 0.5) is 5.69 Å². The number of hydrogen-bond donors (Lipinski definition) is 2. The van der Waals surface area contributed by atoms with E-state index >= 15 is 0 Å². The summed E-state index contributed by atoms with van der Waals surface area (Å²) in [7, 11) is 0. The van der Waals surface area contributed by atoms with Crippen LogP contribution in [0.3, 0.4) is 0 Å². The van der Waals surface area contributed by atoms with E-state index in [4.69, 9.17) is 0 Å². The molecule has 3 aromatic rings. The number of aromatic amines is 1. The molecule has 0 aliphatic carbocycles. The lowest BCUT2D eigenvalue weighted by Crippen LogP contribution is -2.30. The predicted octanol–water partition coefficient (Wildman–Crippen LogP) is 4.61. The van der Waals surface area contributed by atoms with Crippen LogP contribution in [-0.2, 0) is 11.2 Å². The molecule has 28 heavy (non-hydrogen) atoms. The number of benzene rings is 2. The number of anilines is 1. The molecule has 2 N–H and O–H groups in total. The molecule has 0 fully saturated rings. The van der Waals surface area contributed by atoms with Crippen molar-refractivity contribution in [3.05, 3.63) is 65.9 Å². The first-order valence-electron chi connectivity index (χ1n) is 9.86. The number of H-pyrrole nitrogens is 1. The summed E-state index contributed by atoms with van der Waals surface area (Å²) in [4.78, 5) is 29.6. The fraction of sp³-hybridized carbons (Fsp3) is 0.304. The van der Waals surface area contributed by atoms with Gasteiger partial charge in [-0.3, -0.25) is 9.59 Å². The number of para-hydroxylation sites is 1. The third-order valence-corrected chi connectivity index (χ3v) is 4.99. The average molecular weight is 377 g/mol. The Morgan fingerprint density at radius 3 is 2.43 bits per heavy atom. The number of hydrogen-bond acceptors (Lipinski definition) is 2. The van der Waals surface area contributed by atoms with Crippen molar-refractivity contribution in [3.8, 4) is 0 Å². The van der Waals surface area contributed by atoms with Gasteiger partial charge in [0.2, 0.25) is 5.91 Å². The quantitative estimate of drug-likeness (QED) is 0.602. The molecule has 0 aliphatic heterocycles. The average Bonchev–Trinajstić information content (AvgIpc) is 3.12. The number of aryl methyl sites for hydroxylation is 1. The normalized spacial score (nSPS) is 10.8. The highest BCUT2D eigenvalue weighted by atomic mass is 16.2. The molecule has 0 atom stereocenters. The van der Waals surface area contributed by atoms with Gasteiger partial charge in [0.1, 0.15) is 0 Å². The van der Waals surface area contributed by atoms with Gasteiger partial charge in [0.25, 0.3) is 5.91 Å². The second-order valence-electron chi connectivity index (χ2n) is 6.82. The van der Waals surface area contributed by atoms with E-state index in [2.05, 4.69) is 22.4 Å². The van der Waals surface area contributed by atoms with E-state index in [9.17, 15) is 9.59 Å². The Hall–Kier alpha value is -3.08. The molecule has 0 saturated heterocycles. The Kier molecular flexibility index (Phi) is 6.48. The molecule has 1 aromatic heterocycles. The van der Waals surface area contributed by atoms with Gasteiger partial charge in [-0.05, 0) is 62.6 Å². The molecular weight excluding hydrogens is 350 g/mol. The molecule has 0 saturated carbocycles. The molecule has 0 spiro atoms. The third kappa shape index (κ3) is 4.60. The fourth-order valence-corrected chi connectivity index (χ4v) is 3.39. The second kappa shape index (κ2) is 9.22. The number of nitrogens with one attached hydrogen (secondary N) is 2. The lowest BCUT2D eigenvalue weighted by molar-refractivity contribution is -0.116. The SMILES string of the molecule is CCN(CC)C(=O)c1ccc(NC(=O)CCCc2c[nH]c3ccccc23)cc1. The molecule has 0 radical (unpaired) electrons. The van der Waals surface area contributed by atoms with Gasteiger partial charge in [-0.2, -0.15) is 0 Å². The minimum Gasteiger partial charge on any atom is -0.361 e. The summed E-state index contributed by atoms with van der Waals surface area (Å²) >= 11 is 0. The van der Waals surface area contributed by atoms with E-state index in [0.29, 0.717) is 30.8 Å². The molecule has 0 bridgehead atoms. The highest BCUT2D eigenvalue weighted by Crippen LogP contribution is 2.19. The summed E-state index contributed by atoms with van der Waals surface area (Å²) in [5.74, 6) is 0.00395. The largest absolute Gasteiger partial charge is 0.361 e. The van der Waals surface area contributed by atoms with Gasteiger partial charge in [0, 0.05) is 47.9 Å². The number of carbonyl (C=O) groups excluding carboxylic acids is 2. The van der Waals surface area contributed by atoms with E-state index in [0.717, 1.165) is 18.4 Å². The fourth-order valence-electron chi connectivity index (χ4n) is 3.39. The first-order valence-corrected chi connectivity index (χ1v) is 9.86. The first kappa shape index (κ1) is 19.7. The van der Waals surface area contributed by atoms with E-state index < -0.39 is 0 Å². The van der Waals surface area contributed by atoms with Crippen LogP contribution < -0.4 is 5.32 Å². The standard InChI is InChI=1S/C23H27N3O2/c1-3-26(4-2)23(28)17-12-14-19(15-13-17)25-22(27)11-7-8-18-16-24-21-10-6-5-9-20(18)21/h5-6,9-10,12-16,24H,3-4,7-8,11H2,1-2H3,(H,25,27). The molecule has 0 aliphatic rings. The van der Waals surface area contributed by atoms with Crippen LogP contribution in [0.5, 0.6) is 0 Å². The van der Waals surface area contributed by atoms with Gasteiger partial charge < -0.3 is 15.2 Å². The van der Waals surface area contributed by atoms with Crippen LogP contribution in [0, 0.1) is 0 Å². The zero-order valence-corrected chi connectivity index (χ0v) is 16.5. The number of aromatic nitrogens is 1. The van der Waals surface area contributed by atoms with Crippen LogP contribution in [0.1, 0.15) is 42.6 Å². The molecule has 5 nitrogen and oxygen atoms in total. The van der Waals surface area contributed by atoms with Crippen LogP contribution in [0.2, 0.25) is 0 Å². The molecule has 2 aromatic carbocycles. The summed E-state index contributed by atoms with van der Waals surface area (Å²) in [6, 6.07) is 15.3. The number of rotatable bonds is 8. The molecule has 1 heterocycles. The number of amides is 2. The Balaban J connectivity index is 1.50. The summed E-state index contributed by atoms with van der Waals surface area (Å²) in [5, 5.41) is 4.13. The van der Waals surface area contributed by atoms with Gasteiger partial charge in [0.05, 0.1) is 0 Å². The van der Waals surface area contributed by atoms with E-state index in [1.807, 2.05) is 32.2 Å². The summed E-state index contributed by atoms with van der Waals surface area (Å²) < 4.78 is 0. The van der Waals surface area contributed by atoms with Crippen molar-refractivity contribution >= 4 is 28.4 Å². The van der Waals surface area contributed by atoms with Crippen molar-refractivity contribution in [2.75, 3.05) is 18.4 Å². The van der Waals surface area contributed by atoms with Crippen LogP contribution in [-0.4, -0.2) is 34.8 Å². The summed E-state index contributed by atoms with van der Waals surface area (Å²) in [6.07, 6.45) is 4.12. The van der Waals surface area contributed by atoms with Gasteiger partial charge in [-0.25, -0.2) is 0 Å². The van der Waals surface area contributed by atoms with Crippen molar-refractivity contribution < 1.29 is 9.59 Å². The Morgan fingerprint density at radius 1 is 1.00 bits per heavy atom. The molecular formula is C23H27N3O2.